The number of anilines is 1. The Morgan fingerprint density at radius 3 is 1.60 bits per heavy atom. The van der Waals surface area contributed by atoms with Crippen molar-refractivity contribution in [1.29, 1.82) is 5.26 Å². The Labute approximate surface area is 380 Å². The van der Waals surface area contributed by atoms with E-state index in [-0.39, 0.29) is 0 Å². The highest BCUT2D eigenvalue weighted by Crippen LogP contribution is 2.41. The van der Waals surface area contributed by atoms with Gasteiger partial charge >= 0.3 is 6.03 Å². The van der Waals surface area contributed by atoms with Crippen LogP contribution in [0.3, 0.4) is 0 Å². The molecule has 0 unspecified atom stereocenters. The van der Waals surface area contributed by atoms with Crippen LogP contribution < -0.4 is 19.9 Å². The van der Waals surface area contributed by atoms with E-state index in [1.54, 1.807) is 12.4 Å². The van der Waals surface area contributed by atoms with Gasteiger partial charge in [0, 0.05) is 57.3 Å². The fourth-order valence-corrected chi connectivity index (χ4v) is 12.4. The summed E-state index contributed by atoms with van der Waals surface area (Å²) in [4.78, 5) is 25.0. The van der Waals surface area contributed by atoms with Gasteiger partial charge in [0.15, 0.2) is 0 Å². The van der Waals surface area contributed by atoms with E-state index in [1.165, 1.54) is 57.3 Å². The van der Waals surface area contributed by atoms with Gasteiger partial charge in [-0.2, -0.15) is 0 Å². The van der Waals surface area contributed by atoms with Crippen LogP contribution in [-0.2, 0) is 84.5 Å². The number of hydrogen-bond acceptors (Lipinski definition) is 11. The summed E-state index contributed by atoms with van der Waals surface area (Å²) in [7, 11) is -7.11. The van der Waals surface area contributed by atoms with E-state index in [2.05, 4.69) is 64.0 Å². The molecule has 4 N–H and O–H groups in total. The van der Waals surface area contributed by atoms with E-state index < -0.39 is 36.6 Å². The number of fused-ring (bicyclic) bond motifs is 4. The number of pyridine rings is 2. The van der Waals surface area contributed by atoms with Crippen LogP contribution in [0.5, 0.6) is 5.75 Å². The summed E-state index contributed by atoms with van der Waals surface area (Å²) in [6.45, 7) is 3.09. The number of urea groups is 1. The third kappa shape index (κ3) is 10.0. The molecule has 10 rings (SSSR count). The molecule has 6 aliphatic rings. The van der Waals surface area contributed by atoms with Gasteiger partial charge in [-0.05, 0) is 177 Å². The molecule has 2 amide bonds. The number of carbonyl (C=O) groups is 1. The van der Waals surface area contributed by atoms with E-state index >= 15 is 0 Å². The number of halogens is 2. The number of ether oxygens (including phenoxy) is 1. The van der Waals surface area contributed by atoms with Crippen molar-refractivity contribution in [2.75, 3.05) is 31.5 Å². The lowest BCUT2D eigenvalue weighted by molar-refractivity contribution is 0.174. The minimum absolute atomic E-state index is 0.389. The summed E-state index contributed by atoms with van der Waals surface area (Å²) in [5.41, 5.74) is 13.3. The number of aromatic nitrogens is 2. The Hall–Kier alpha value is -3.96. The molecule has 0 saturated carbocycles. The van der Waals surface area contributed by atoms with Crippen LogP contribution in [0, 0.1) is 11.5 Å². The first-order chi connectivity index (χ1) is 29.8. The molecule has 0 spiro atoms. The third-order valence-corrected chi connectivity index (χ3v) is 17.0. The molecule has 2 aromatic carbocycles. The van der Waals surface area contributed by atoms with Crippen LogP contribution in [0.25, 0.3) is 0 Å². The molecule has 328 valence electrons. The maximum Gasteiger partial charge on any atom is 0.332 e. The molecule has 2 aliphatic heterocycles. The van der Waals surface area contributed by atoms with Gasteiger partial charge in [-0.1, -0.05) is 24.3 Å². The van der Waals surface area contributed by atoms with Gasteiger partial charge in [0.1, 0.15) is 25.5 Å². The molecule has 14 nitrogen and oxygen atoms in total. The van der Waals surface area contributed by atoms with Crippen molar-refractivity contribution in [3.05, 3.63) is 114 Å². The summed E-state index contributed by atoms with van der Waals surface area (Å²) in [5, 5.41) is 15.7. The minimum Gasteiger partial charge on any atom is -0.387 e. The second-order valence-corrected chi connectivity index (χ2v) is 22.2. The molecule has 2 saturated heterocycles. The molecule has 18 heteroatoms. The first kappa shape index (κ1) is 44.6. The highest BCUT2D eigenvalue weighted by Gasteiger charge is 2.39. The number of likely N-dealkylation sites (tertiary alicyclic amines) is 2. The summed E-state index contributed by atoms with van der Waals surface area (Å²) in [6, 6.07) is 11.6. The third-order valence-electron chi connectivity index (χ3n) is 12.7. The first-order valence-corrected chi connectivity index (χ1v) is 25.9. The standard InChI is InChI=1S/C22H25BrN4O3S.C13H13NO.C9H12BrN3O2S/c23-21-16(6-3-9-24-21)11-27-12-17(13-27)31(29,30)26-22(28)25-20-18-7-1-4-14(18)10-15-5-2-8-19(15)20;14-8-15-13-11-5-1-3-9(11)7-10-4-2-6-12(10)13;10-9-7(2-1-3-12-9)4-13-5-8(6-13)16(11,14)15/h3,6,9-10,17H,1-2,4-5,7-8,11-13H2,(H2,25,26,28);7H,1-6H2;1-3,8H,4-6H2,(H2,11,14,15). The zero-order valence-electron chi connectivity index (χ0n) is 34.3. The summed E-state index contributed by atoms with van der Waals surface area (Å²) in [6.07, 6.45) is 18.2. The van der Waals surface area contributed by atoms with Crippen molar-refractivity contribution in [3.63, 3.8) is 0 Å². The normalized spacial score (nSPS) is 18.0. The average molecular weight is 1010 g/mol. The maximum atomic E-state index is 12.7. The predicted octanol–water partition coefficient (Wildman–Crippen LogP) is 6.00. The second-order valence-electron chi connectivity index (χ2n) is 16.8. The fraction of sp³-hybridized carbons (Fsp3) is 0.455. The van der Waals surface area contributed by atoms with Gasteiger partial charge in [0.2, 0.25) is 20.0 Å². The van der Waals surface area contributed by atoms with Crippen LogP contribution in [0.4, 0.5) is 10.5 Å². The van der Waals surface area contributed by atoms with Gasteiger partial charge < -0.3 is 10.1 Å². The largest absolute Gasteiger partial charge is 0.387 e. The lowest BCUT2D eigenvalue weighted by Crippen LogP contribution is -2.58. The highest BCUT2D eigenvalue weighted by atomic mass is 79.9. The zero-order valence-corrected chi connectivity index (χ0v) is 39.1. The molecule has 2 fully saturated rings. The number of primary sulfonamides is 1. The average Bonchev–Trinajstić information content (AvgIpc) is 4.03. The van der Waals surface area contributed by atoms with Crippen molar-refractivity contribution in [2.24, 2.45) is 5.14 Å². The maximum absolute atomic E-state index is 12.7. The molecular formula is C44H50Br2N8O6S2. The minimum atomic E-state index is -3.74. The number of nitriles is 1. The molecule has 0 atom stereocenters. The van der Waals surface area contributed by atoms with Gasteiger partial charge in [-0.15, -0.1) is 5.26 Å². The number of nitrogens with zero attached hydrogens (tertiary/aromatic N) is 5. The number of benzene rings is 2. The predicted molar refractivity (Wildman–Crippen MR) is 243 cm³/mol. The Bertz CT molecular complexity index is 2570. The van der Waals surface area contributed by atoms with Gasteiger partial charge in [0.05, 0.1) is 0 Å². The number of amides is 2. The first-order valence-electron chi connectivity index (χ1n) is 21.1. The number of hydrogen-bond donors (Lipinski definition) is 3. The number of rotatable bonds is 9. The quantitative estimate of drug-likeness (QED) is 0.131. The lowest BCUT2D eigenvalue weighted by atomic mass is 9.99. The molecule has 4 heterocycles. The number of sulfonamides is 2. The SMILES string of the molecule is N#COc1c2c(cc3c1CCC3)CCC2.NS(=O)(=O)C1CN(Cc2cccnc2Br)C1.O=C(Nc1c2c(cc3c1CCC3)CCC2)NS(=O)(=O)C1CN(Cc2cccnc2Br)C1. The van der Waals surface area contributed by atoms with Crippen LogP contribution in [-0.4, -0.2) is 79.3 Å². The van der Waals surface area contributed by atoms with Gasteiger partial charge in [-0.25, -0.2) is 41.5 Å². The lowest BCUT2D eigenvalue weighted by Gasteiger charge is -2.38. The van der Waals surface area contributed by atoms with Crippen molar-refractivity contribution in [3.8, 4) is 12.0 Å². The van der Waals surface area contributed by atoms with Crippen LogP contribution in [0.15, 0.2) is 58.0 Å². The number of carbonyl (C=O) groups excluding carboxylic acids is 1. The van der Waals surface area contributed by atoms with Gasteiger partial charge in [-0.3, -0.25) is 9.80 Å². The van der Waals surface area contributed by atoms with E-state index in [0.29, 0.717) is 39.3 Å². The summed E-state index contributed by atoms with van der Waals surface area (Å²) in [5.74, 6) is 0.903. The van der Waals surface area contributed by atoms with Gasteiger partial charge in [0.25, 0.3) is 6.26 Å². The van der Waals surface area contributed by atoms with E-state index in [1.807, 2.05) is 40.3 Å². The Balaban J connectivity index is 0.000000143. The van der Waals surface area contributed by atoms with Crippen molar-refractivity contribution in [2.45, 2.75) is 101 Å². The van der Waals surface area contributed by atoms with Crippen molar-refractivity contribution >= 4 is 63.6 Å². The van der Waals surface area contributed by atoms with E-state index in [9.17, 15) is 21.6 Å². The van der Waals surface area contributed by atoms with Crippen LogP contribution >= 0.6 is 31.9 Å². The smallest absolute Gasteiger partial charge is 0.332 e. The zero-order chi connectivity index (χ0) is 43.6. The highest BCUT2D eigenvalue weighted by molar-refractivity contribution is 9.10. The molecule has 4 aliphatic carbocycles. The van der Waals surface area contributed by atoms with E-state index in [4.69, 9.17) is 15.1 Å². The Morgan fingerprint density at radius 2 is 1.16 bits per heavy atom. The van der Waals surface area contributed by atoms with Crippen LogP contribution in [0.1, 0.15) is 81.3 Å². The Kier molecular flexibility index (Phi) is 13.7. The summed E-state index contributed by atoms with van der Waals surface area (Å²) >= 11 is 6.77. The fourth-order valence-electron chi connectivity index (χ4n) is 9.52. The van der Waals surface area contributed by atoms with Crippen molar-refractivity contribution in [1.82, 2.24) is 24.5 Å². The monoisotopic (exact) mass is 1010 g/mol. The van der Waals surface area contributed by atoms with E-state index in [0.717, 1.165) is 96.0 Å². The van der Waals surface area contributed by atoms with Crippen molar-refractivity contribution < 1.29 is 26.4 Å². The molecule has 62 heavy (non-hydrogen) atoms. The van der Waals surface area contributed by atoms with Crippen LogP contribution in [0.2, 0.25) is 0 Å². The molecule has 0 bridgehead atoms. The molecule has 0 radical (unpaired) electrons. The number of nitrogens with two attached hydrogens (primary N) is 1. The topological polar surface area (TPSA) is 201 Å². The Morgan fingerprint density at radius 1 is 0.726 bits per heavy atom. The molecule has 4 aromatic rings. The molecule has 2 aromatic heterocycles. The summed E-state index contributed by atoms with van der Waals surface area (Å²) < 4.78 is 56.5. The molecular weight excluding hydrogens is 960 g/mol. The number of nitrogens with one attached hydrogen (secondary N) is 2. The number of aryl methyl sites for hydroxylation is 4. The second kappa shape index (κ2) is 19.0.